The molecule has 0 spiro atoms. The third-order valence-electron chi connectivity index (χ3n) is 4.33. The van der Waals surface area contributed by atoms with Gasteiger partial charge in [-0.2, -0.15) is 0 Å². The van der Waals surface area contributed by atoms with Gasteiger partial charge in [-0.25, -0.2) is 4.39 Å². The Hall–Kier alpha value is -0.930. The molecule has 0 aliphatic carbocycles. The fourth-order valence-electron chi connectivity index (χ4n) is 3.02. The van der Waals surface area contributed by atoms with E-state index in [1.165, 1.54) is 38.4 Å². The summed E-state index contributed by atoms with van der Waals surface area (Å²) in [5, 5.41) is 3.60. The van der Waals surface area contributed by atoms with Gasteiger partial charge in [0.2, 0.25) is 0 Å². The third kappa shape index (κ3) is 4.29. The molecular formula is C17H27FN2. The van der Waals surface area contributed by atoms with Crippen molar-refractivity contribution in [3.8, 4) is 0 Å². The standard InChI is InChI=1S/C17H27FN2/c1-3-17(15-8-7-9-16(18)12-15)19-13-14(2)20-10-5-4-6-11-20/h7-9,12,14,17,19H,3-6,10-11,13H2,1-2H3. The molecule has 1 aliphatic heterocycles. The van der Waals surface area contributed by atoms with Crippen LogP contribution in [-0.2, 0) is 0 Å². The molecule has 20 heavy (non-hydrogen) atoms. The molecule has 3 heteroatoms. The molecule has 1 saturated heterocycles. The van der Waals surface area contributed by atoms with Gasteiger partial charge in [0, 0.05) is 18.6 Å². The van der Waals surface area contributed by atoms with Gasteiger partial charge in [-0.3, -0.25) is 4.90 Å². The second-order valence-corrected chi connectivity index (χ2v) is 5.87. The Morgan fingerprint density at radius 2 is 2.00 bits per heavy atom. The topological polar surface area (TPSA) is 15.3 Å². The van der Waals surface area contributed by atoms with E-state index in [9.17, 15) is 4.39 Å². The highest BCUT2D eigenvalue weighted by Gasteiger charge is 2.18. The van der Waals surface area contributed by atoms with Crippen LogP contribution in [0.5, 0.6) is 0 Å². The molecule has 1 heterocycles. The second-order valence-electron chi connectivity index (χ2n) is 5.87. The minimum Gasteiger partial charge on any atom is -0.308 e. The zero-order chi connectivity index (χ0) is 14.4. The number of likely N-dealkylation sites (tertiary alicyclic amines) is 1. The summed E-state index contributed by atoms with van der Waals surface area (Å²) in [4.78, 5) is 2.56. The predicted octanol–water partition coefficient (Wildman–Crippen LogP) is 3.74. The highest BCUT2D eigenvalue weighted by Crippen LogP contribution is 2.18. The quantitative estimate of drug-likeness (QED) is 0.852. The lowest BCUT2D eigenvalue weighted by atomic mass is 10.0. The van der Waals surface area contributed by atoms with E-state index in [1.54, 1.807) is 12.1 Å². The summed E-state index contributed by atoms with van der Waals surface area (Å²) in [6.45, 7) is 7.85. The molecule has 0 bridgehead atoms. The summed E-state index contributed by atoms with van der Waals surface area (Å²) in [6, 6.07) is 7.76. The average Bonchev–Trinajstić information content (AvgIpc) is 2.48. The number of rotatable bonds is 6. The van der Waals surface area contributed by atoms with Crippen LogP contribution in [0.4, 0.5) is 4.39 Å². The lowest BCUT2D eigenvalue weighted by molar-refractivity contribution is 0.167. The molecule has 0 radical (unpaired) electrons. The molecule has 112 valence electrons. The first-order chi connectivity index (χ1) is 9.70. The fourth-order valence-corrected chi connectivity index (χ4v) is 3.02. The number of hydrogen-bond acceptors (Lipinski definition) is 2. The van der Waals surface area contributed by atoms with Gasteiger partial charge in [0.1, 0.15) is 5.82 Å². The van der Waals surface area contributed by atoms with Crippen molar-refractivity contribution in [3.63, 3.8) is 0 Å². The molecule has 2 rings (SSSR count). The highest BCUT2D eigenvalue weighted by molar-refractivity contribution is 5.20. The Bertz CT molecular complexity index is 402. The van der Waals surface area contributed by atoms with E-state index in [-0.39, 0.29) is 11.9 Å². The van der Waals surface area contributed by atoms with Gasteiger partial charge in [0.25, 0.3) is 0 Å². The minimum absolute atomic E-state index is 0.146. The molecule has 0 amide bonds. The lowest BCUT2D eigenvalue weighted by Gasteiger charge is -2.33. The average molecular weight is 278 g/mol. The number of hydrogen-bond donors (Lipinski definition) is 1. The van der Waals surface area contributed by atoms with E-state index in [2.05, 4.69) is 24.1 Å². The first kappa shape index (κ1) is 15.5. The molecule has 0 saturated carbocycles. The molecule has 2 unspecified atom stereocenters. The summed E-state index contributed by atoms with van der Waals surface area (Å²) in [6.07, 6.45) is 5.00. The van der Waals surface area contributed by atoms with Crippen molar-refractivity contribution in [3.05, 3.63) is 35.6 Å². The Balaban J connectivity index is 1.87. The summed E-state index contributed by atoms with van der Waals surface area (Å²) < 4.78 is 13.3. The van der Waals surface area contributed by atoms with Crippen molar-refractivity contribution in [1.82, 2.24) is 10.2 Å². The van der Waals surface area contributed by atoms with Crippen LogP contribution in [0.25, 0.3) is 0 Å². The van der Waals surface area contributed by atoms with E-state index >= 15 is 0 Å². The smallest absolute Gasteiger partial charge is 0.123 e. The minimum atomic E-state index is -0.146. The Morgan fingerprint density at radius 3 is 2.65 bits per heavy atom. The molecule has 1 aliphatic rings. The SMILES string of the molecule is CCC(NCC(C)N1CCCCC1)c1cccc(F)c1. The molecular weight excluding hydrogens is 251 g/mol. The highest BCUT2D eigenvalue weighted by atomic mass is 19.1. The monoisotopic (exact) mass is 278 g/mol. The van der Waals surface area contributed by atoms with Gasteiger partial charge in [-0.1, -0.05) is 25.5 Å². The Morgan fingerprint density at radius 1 is 1.25 bits per heavy atom. The van der Waals surface area contributed by atoms with E-state index < -0.39 is 0 Å². The molecule has 0 aromatic heterocycles. The van der Waals surface area contributed by atoms with Crippen LogP contribution >= 0.6 is 0 Å². The Labute approximate surface area is 122 Å². The van der Waals surface area contributed by atoms with E-state index in [0.717, 1.165) is 18.5 Å². The Kier molecular flexibility index (Phi) is 5.99. The number of piperidine rings is 1. The number of nitrogens with zero attached hydrogens (tertiary/aromatic N) is 1. The van der Waals surface area contributed by atoms with Crippen molar-refractivity contribution in [2.75, 3.05) is 19.6 Å². The number of nitrogens with one attached hydrogen (secondary N) is 1. The number of benzene rings is 1. The van der Waals surface area contributed by atoms with Crippen molar-refractivity contribution in [2.24, 2.45) is 0 Å². The second kappa shape index (κ2) is 7.75. The van der Waals surface area contributed by atoms with E-state index in [1.807, 2.05) is 6.07 Å². The van der Waals surface area contributed by atoms with Gasteiger partial charge >= 0.3 is 0 Å². The van der Waals surface area contributed by atoms with Gasteiger partial charge < -0.3 is 5.32 Å². The summed E-state index contributed by atoms with van der Waals surface area (Å²) in [7, 11) is 0. The van der Waals surface area contributed by atoms with Crippen molar-refractivity contribution in [1.29, 1.82) is 0 Å². The van der Waals surface area contributed by atoms with Crippen LogP contribution in [-0.4, -0.2) is 30.6 Å². The van der Waals surface area contributed by atoms with Crippen molar-refractivity contribution >= 4 is 0 Å². The maximum Gasteiger partial charge on any atom is 0.123 e. The van der Waals surface area contributed by atoms with Gasteiger partial charge in [-0.15, -0.1) is 0 Å². The van der Waals surface area contributed by atoms with Crippen LogP contribution in [0, 0.1) is 5.82 Å². The van der Waals surface area contributed by atoms with Crippen molar-refractivity contribution in [2.45, 2.75) is 51.6 Å². The largest absolute Gasteiger partial charge is 0.308 e. The molecule has 2 nitrogen and oxygen atoms in total. The third-order valence-corrected chi connectivity index (χ3v) is 4.33. The van der Waals surface area contributed by atoms with Gasteiger partial charge in [0.05, 0.1) is 0 Å². The normalized spacial score (nSPS) is 19.8. The first-order valence-corrected chi connectivity index (χ1v) is 7.93. The summed E-state index contributed by atoms with van der Waals surface area (Å²) in [5.74, 6) is -0.146. The maximum absolute atomic E-state index is 13.3. The van der Waals surface area contributed by atoms with Gasteiger partial charge in [-0.05, 0) is 57.0 Å². The molecule has 2 atom stereocenters. The summed E-state index contributed by atoms with van der Waals surface area (Å²) in [5.41, 5.74) is 1.05. The zero-order valence-electron chi connectivity index (χ0n) is 12.7. The maximum atomic E-state index is 13.3. The molecule has 1 fully saturated rings. The summed E-state index contributed by atoms with van der Waals surface area (Å²) >= 11 is 0. The fraction of sp³-hybridized carbons (Fsp3) is 0.647. The first-order valence-electron chi connectivity index (χ1n) is 7.93. The molecule has 1 N–H and O–H groups in total. The molecule has 1 aromatic rings. The van der Waals surface area contributed by atoms with E-state index in [4.69, 9.17) is 0 Å². The van der Waals surface area contributed by atoms with Gasteiger partial charge in [0.15, 0.2) is 0 Å². The van der Waals surface area contributed by atoms with E-state index in [0.29, 0.717) is 6.04 Å². The van der Waals surface area contributed by atoms with Crippen LogP contribution < -0.4 is 5.32 Å². The molecule has 1 aromatic carbocycles. The lowest BCUT2D eigenvalue weighted by Crippen LogP contribution is -2.43. The predicted molar refractivity (Wildman–Crippen MR) is 82.3 cm³/mol. The number of halogens is 1. The van der Waals surface area contributed by atoms with Crippen molar-refractivity contribution < 1.29 is 4.39 Å². The van der Waals surface area contributed by atoms with Crippen LogP contribution in [0.1, 0.15) is 51.1 Å². The van der Waals surface area contributed by atoms with Crippen LogP contribution in [0.2, 0.25) is 0 Å². The zero-order valence-corrected chi connectivity index (χ0v) is 12.7. The van der Waals surface area contributed by atoms with Crippen LogP contribution in [0.15, 0.2) is 24.3 Å². The van der Waals surface area contributed by atoms with Crippen LogP contribution in [0.3, 0.4) is 0 Å².